The van der Waals surface area contributed by atoms with Crippen molar-refractivity contribution in [3.8, 4) is 6.07 Å². The van der Waals surface area contributed by atoms with E-state index in [-0.39, 0.29) is 5.56 Å². The van der Waals surface area contributed by atoms with Gasteiger partial charge in [0, 0.05) is 5.56 Å². The summed E-state index contributed by atoms with van der Waals surface area (Å²) in [5, 5.41) is 27.1. The summed E-state index contributed by atoms with van der Waals surface area (Å²) in [4.78, 5) is 19.9. The Balaban J connectivity index is 3.04. The van der Waals surface area contributed by atoms with Crippen molar-refractivity contribution in [1.82, 2.24) is 0 Å². The number of carboxylic acid groups (broad SMARTS) is 1. The van der Waals surface area contributed by atoms with Crippen LogP contribution in [0, 0.1) is 21.4 Å². The Hall–Kier alpha value is -2.62. The summed E-state index contributed by atoms with van der Waals surface area (Å²) in [7, 11) is 0. The molecule has 1 N–H and O–H groups in total. The van der Waals surface area contributed by atoms with Gasteiger partial charge in [-0.2, -0.15) is 5.26 Å². The molecule has 0 amide bonds. The topological polar surface area (TPSA) is 117 Å². The molecule has 0 radical (unpaired) electrons. The van der Waals surface area contributed by atoms with E-state index in [2.05, 4.69) is 4.42 Å². The minimum atomic E-state index is -1.40. The molecule has 0 aliphatic rings. The minimum Gasteiger partial charge on any atom is -0.477 e. The van der Waals surface area contributed by atoms with Gasteiger partial charge in [0.25, 0.3) is 0 Å². The smallest absolute Gasteiger partial charge is 0.433 e. The van der Waals surface area contributed by atoms with E-state index >= 15 is 0 Å². The fraction of sp³-hybridized carbons (Fsp3) is 0. The molecule has 0 fully saturated rings. The van der Waals surface area contributed by atoms with Gasteiger partial charge >= 0.3 is 11.9 Å². The molecule has 0 atom stereocenters. The number of nitrogens with zero attached hydrogens (tertiary/aromatic N) is 2. The standard InChI is InChI=1S/C8H4N2O5/c9-3-6(8(11)12)1-5-2-7(10(13)14)15-4-5/h1-2,4H,(H,11,12)/b6-1+. The van der Waals surface area contributed by atoms with Crippen LogP contribution in [0.3, 0.4) is 0 Å². The van der Waals surface area contributed by atoms with Crippen LogP contribution in [-0.4, -0.2) is 16.0 Å². The third-order valence-electron chi connectivity index (χ3n) is 1.45. The summed E-state index contributed by atoms with van der Waals surface area (Å²) in [6.07, 6.45) is 1.98. The molecule has 15 heavy (non-hydrogen) atoms. The zero-order valence-corrected chi connectivity index (χ0v) is 7.21. The zero-order chi connectivity index (χ0) is 11.4. The van der Waals surface area contributed by atoms with Gasteiger partial charge in [-0.3, -0.25) is 10.1 Å². The van der Waals surface area contributed by atoms with Crippen LogP contribution in [-0.2, 0) is 4.79 Å². The number of nitro groups is 1. The van der Waals surface area contributed by atoms with Crippen LogP contribution < -0.4 is 0 Å². The first kappa shape index (κ1) is 10.5. The van der Waals surface area contributed by atoms with Gasteiger partial charge in [-0.05, 0) is 6.08 Å². The maximum absolute atomic E-state index is 10.4. The zero-order valence-electron chi connectivity index (χ0n) is 7.21. The fourth-order valence-electron chi connectivity index (χ4n) is 0.819. The Bertz CT molecular complexity index is 479. The molecular weight excluding hydrogens is 204 g/mol. The van der Waals surface area contributed by atoms with E-state index < -0.39 is 22.3 Å². The van der Waals surface area contributed by atoms with Crippen molar-refractivity contribution in [2.24, 2.45) is 0 Å². The first-order chi connectivity index (χ1) is 7.04. The average Bonchev–Trinajstić information content (AvgIpc) is 2.61. The van der Waals surface area contributed by atoms with E-state index in [4.69, 9.17) is 10.4 Å². The predicted molar refractivity (Wildman–Crippen MR) is 46.6 cm³/mol. The Kier molecular flexibility index (Phi) is 2.83. The average molecular weight is 208 g/mol. The normalized spacial score (nSPS) is 10.7. The number of aliphatic carboxylic acids is 1. The van der Waals surface area contributed by atoms with Crippen LogP contribution in [0.1, 0.15) is 5.56 Å². The van der Waals surface area contributed by atoms with Crippen molar-refractivity contribution in [2.45, 2.75) is 0 Å². The van der Waals surface area contributed by atoms with Crippen LogP contribution in [0.2, 0.25) is 0 Å². The summed E-state index contributed by atoms with van der Waals surface area (Å²) < 4.78 is 4.51. The molecule has 1 aromatic rings. The quantitative estimate of drug-likeness (QED) is 0.345. The van der Waals surface area contributed by atoms with Crippen LogP contribution in [0.25, 0.3) is 6.08 Å². The Morgan fingerprint density at radius 1 is 1.73 bits per heavy atom. The van der Waals surface area contributed by atoms with Gasteiger partial charge in [-0.25, -0.2) is 4.79 Å². The highest BCUT2D eigenvalue weighted by Gasteiger charge is 2.12. The van der Waals surface area contributed by atoms with Crippen molar-refractivity contribution in [1.29, 1.82) is 5.26 Å². The van der Waals surface area contributed by atoms with E-state index in [9.17, 15) is 14.9 Å². The number of carbonyl (C=O) groups is 1. The monoisotopic (exact) mass is 208 g/mol. The Morgan fingerprint density at radius 3 is 2.80 bits per heavy atom. The molecule has 0 aliphatic heterocycles. The van der Waals surface area contributed by atoms with E-state index in [0.717, 1.165) is 18.4 Å². The summed E-state index contributed by atoms with van der Waals surface area (Å²) in [6, 6.07) is 2.47. The van der Waals surface area contributed by atoms with Gasteiger partial charge in [-0.15, -0.1) is 0 Å². The van der Waals surface area contributed by atoms with Gasteiger partial charge in [0.1, 0.15) is 22.8 Å². The first-order valence-corrected chi connectivity index (χ1v) is 3.62. The van der Waals surface area contributed by atoms with Crippen LogP contribution >= 0.6 is 0 Å². The van der Waals surface area contributed by atoms with Crippen molar-refractivity contribution >= 4 is 17.9 Å². The highest BCUT2D eigenvalue weighted by molar-refractivity contribution is 5.96. The number of rotatable bonds is 3. The number of furan rings is 1. The Labute approximate surface area is 83.0 Å². The number of carboxylic acids is 1. The molecule has 0 bridgehead atoms. The number of hydrogen-bond donors (Lipinski definition) is 1. The van der Waals surface area contributed by atoms with Crippen LogP contribution in [0.4, 0.5) is 5.88 Å². The highest BCUT2D eigenvalue weighted by atomic mass is 16.6. The van der Waals surface area contributed by atoms with E-state index in [1.165, 1.54) is 6.07 Å². The molecule has 0 unspecified atom stereocenters. The molecule has 0 saturated heterocycles. The molecule has 0 spiro atoms. The fourth-order valence-corrected chi connectivity index (χ4v) is 0.819. The predicted octanol–water partition coefficient (Wildman–Crippen LogP) is 1.18. The van der Waals surface area contributed by atoms with Crippen LogP contribution in [0.15, 0.2) is 22.3 Å². The highest BCUT2D eigenvalue weighted by Crippen LogP contribution is 2.17. The van der Waals surface area contributed by atoms with Gasteiger partial charge in [0.05, 0.1) is 6.07 Å². The second-order valence-electron chi connectivity index (χ2n) is 2.45. The maximum Gasteiger partial charge on any atom is 0.433 e. The van der Waals surface area contributed by atoms with Crippen molar-refractivity contribution < 1.29 is 19.2 Å². The molecule has 1 rings (SSSR count). The first-order valence-electron chi connectivity index (χ1n) is 3.62. The largest absolute Gasteiger partial charge is 0.477 e. The number of nitriles is 1. The molecule has 0 saturated carbocycles. The maximum atomic E-state index is 10.4. The lowest BCUT2D eigenvalue weighted by molar-refractivity contribution is -0.402. The van der Waals surface area contributed by atoms with Crippen molar-refractivity contribution in [2.75, 3.05) is 0 Å². The molecule has 0 aromatic carbocycles. The minimum absolute atomic E-state index is 0.153. The molecule has 1 aromatic heterocycles. The second-order valence-corrected chi connectivity index (χ2v) is 2.45. The van der Waals surface area contributed by atoms with E-state index in [0.29, 0.717) is 0 Å². The summed E-state index contributed by atoms with van der Waals surface area (Å²) in [6.45, 7) is 0. The van der Waals surface area contributed by atoms with Crippen molar-refractivity contribution in [3.63, 3.8) is 0 Å². The Morgan fingerprint density at radius 2 is 2.40 bits per heavy atom. The molecule has 76 valence electrons. The molecule has 0 aliphatic carbocycles. The van der Waals surface area contributed by atoms with Gasteiger partial charge < -0.3 is 9.52 Å². The third-order valence-corrected chi connectivity index (χ3v) is 1.45. The lowest BCUT2D eigenvalue weighted by atomic mass is 10.2. The molecular formula is C8H4N2O5. The van der Waals surface area contributed by atoms with Gasteiger partial charge in [0.2, 0.25) is 0 Å². The van der Waals surface area contributed by atoms with E-state index in [1.807, 2.05) is 0 Å². The van der Waals surface area contributed by atoms with Gasteiger partial charge in [-0.1, -0.05) is 0 Å². The van der Waals surface area contributed by atoms with Gasteiger partial charge in [0.15, 0.2) is 0 Å². The summed E-state index contributed by atoms with van der Waals surface area (Å²) in [5.41, 5.74) is -0.369. The summed E-state index contributed by atoms with van der Waals surface area (Å²) in [5.74, 6) is -1.91. The second kappa shape index (κ2) is 4.06. The lowest BCUT2D eigenvalue weighted by Gasteiger charge is -1.85. The SMILES string of the molecule is N#C/C(=C\c1coc([N+](=O)[O-])c1)C(=O)O. The molecule has 7 nitrogen and oxygen atoms in total. The number of hydrogen-bond acceptors (Lipinski definition) is 5. The molecule has 7 heteroatoms. The lowest BCUT2D eigenvalue weighted by Crippen LogP contribution is -1.96. The van der Waals surface area contributed by atoms with E-state index in [1.54, 1.807) is 0 Å². The molecule has 1 heterocycles. The van der Waals surface area contributed by atoms with Crippen LogP contribution in [0.5, 0.6) is 0 Å². The van der Waals surface area contributed by atoms with Crippen molar-refractivity contribution in [3.05, 3.63) is 33.6 Å². The summed E-state index contributed by atoms with van der Waals surface area (Å²) >= 11 is 0. The third kappa shape index (κ3) is 2.41.